The number of carbonyl (C=O) groups excluding carboxylic acids is 2. The Labute approximate surface area is 102 Å². The molecule has 100 valence electrons. The number of nitrogens with one attached hydrogen (secondary N) is 2. The third-order valence-corrected chi connectivity index (χ3v) is 2.05. The largest absolute Gasteiger partial charge is 0.375 e. The van der Waals surface area contributed by atoms with Crippen molar-refractivity contribution in [3.63, 3.8) is 0 Å². The number of ether oxygens (including phenoxy) is 2. The van der Waals surface area contributed by atoms with Crippen LogP contribution in [0.2, 0.25) is 0 Å². The Morgan fingerprint density at radius 1 is 0.824 bits per heavy atom. The van der Waals surface area contributed by atoms with Gasteiger partial charge in [0.2, 0.25) is 11.8 Å². The van der Waals surface area contributed by atoms with E-state index in [0.717, 1.165) is 19.3 Å². The van der Waals surface area contributed by atoms with Crippen LogP contribution >= 0.6 is 0 Å². The van der Waals surface area contributed by atoms with Gasteiger partial charge in [-0.3, -0.25) is 9.59 Å². The fourth-order valence-electron chi connectivity index (χ4n) is 1.25. The van der Waals surface area contributed by atoms with Crippen molar-refractivity contribution in [2.45, 2.75) is 19.3 Å². The second-order valence-corrected chi connectivity index (χ2v) is 3.63. The average Bonchev–Trinajstić information content (AvgIpc) is 2.28. The molecule has 0 unspecified atom stereocenters. The van der Waals surface area contributed by atoms with Crippen molar-refractivity contribution in [3.05, 3.63) is 0 Å². The molecule has 0 aliphatic carbocycles. The van der Waals surface area contributed by atoms with Crippen LogP contribution in [0.25, 0.3) is 0 Å². The molecule has 0 rings (SSSR count). The van der Waals surface area contributed by atoms with Crippen LogP contribution in [0.4, 0.5) is 0 Å². The highest BCUT2D eigenvalue weighted by molar-refractivity contribution is 5.77. The van der Waals surface area contributed by atoms with Gasteiger partial charge in [-0.1, -0.05) is 0 Å². The molecule has 0 aliphatic heterocycles. The summed E-state index contributed by atoms with van der Waals surface area (Å²) in [6.07, 6.45) is 2.76. The zero-order valence-corrected chi connectivity index (χ0v) is 10.6. The number of hydrogen-bond donors (Lipinski definition) is 2. The van der Waals surface area contributed by atoms with Crippen LogP contribution in [0.15, 0.2) is 0 Å². The van der Waals surface area contributed by atoms with Gasteiger partial charge in [-0.25, -0.2) is 0 Å². The number of rotatable bonds is 10. The predicted octanol–water partition coefficient (Wildman–Crippen LogP) is -0.318. The fourth-order valence-corrected chi connectivity index (χ4v) is 1.25. The first-order chi connectivity index (χ1) is 8.20. The van der Waals surface area contributed by atoms with E-state index in [9.17, 15) is 9.59 Å². The molecule has 6 nitrogen and oxygen atoms in total. The SMILES string of the molecule is COCC(=O)NCCCCCNC(=O)COC. The van der Waals surface area contributed by atoms with Crippen molar-refractivity contribution in [3.8, 4) is 0 Å². The van der Waals surface area contributed by atoms with E-state index in [0.29, 0.717) is 13.1 Å². The lowest BCUT2D eigenvalue weighted by Crippen LogP contribution is -2.29. The van der Waals surface area contributed by atoms with Crippen molar-refractivity contribution in [1.82, 2.24) is 10.6 Å². The molecule has 6 heteroatoms. The zero-order valence-electron chi connectivity index (χ0n) is 10.6. The molecule has 0 aromatic rings. The third kappa shape index (κ3) is 11.1. The summed E-state index contributed by atoms with van der Waals surface area (Å²) >= 11 is 0. The summed E-state index contributed by atoms with van der Waals surface area (Å²) in [6.45, 7) is 1.50. The standard InChI is InChI=1S/C11H22N2O4/c1-16-8-10(14)12-6-4-3-5-7-13-11(15)9-17-2/h3-9H2,1-2H3,(H,12,14)(H,13,15). The van der Waals surface area contributed by atoms with Gasteiger partial charge >= 0.3 is 0 Å². The van der Waals surface area contributed by atoms with Crippen LogP contribution in [-0.4, -0.2) is 52.3 Å². The molecule has 0 spiro atoms. The summed E-state index contributed by atoms with van der Waals surface area (Å²) in [5.74, 6) is -0.193. The van der Waals surface area contributed by atoms with Crippen molar-refractivity contribution >= 4 is 11.8 Å². The second kappa shape index (κ2) is 11.3. The molecule has 0 saturated carbocycles. The summed E-state index contributed by atoms with van der Waals surface area (Å²) in [4.78, 5) is 22.0. The molecule has 0 heterocycles. The van der Waals surface area contributed by atoms with E-state index < -0.39 is 0 Å². The van der Waals surface area contributed by atoms with E-state index in [1.165, 1.54) is 14.2 Å². The number of carbonyl (C=O) groups is 2. The van der Waals surface area contributed by atoms with E-state index in [2.05, 4.69) is 20.1 Å². The van der Waals surface area contributed by atoms with E-state index in [4.69, 9.17) is 0 Å². The van der Waals surface area contributed by atoms with Crippen LogP contribution < -0.4 is 10.6 Å². The molecular weight excluding hydrogens is 224 g/mol. The predicted molar refractivity (Wildman–Crippen MR) is 63.6 cm³/mol. The van der Waals surface area contributed by atoms with E-state index in [-0.39, 0.29) is 25.0 Å². The van der Waals surface area contributed by atoms with Crippen molar-refractivity contribution < 1.29 is 19.1 Å². The summed E-state index contributed by atoms with van der Waals surface area (Å²) in [6, 6.07) is 0. The van der Waals surface area contributed by atoms with Crippen LogP contribution in [0.5, 0.6) is 0 Å². The first-order valence-electron chi connectivity index (χ1n) is 5.72. The summed E-state index contributed by atoms with van der Waals surface area (Å²) < 4.78 is 9.35. The zero-order chi connectivity index (χ0) is 12.9. The Hall–Kier alpha value is -1.14. The summed E-state index contributed by atoms with van der Waals surface area (Å²) in [7, 11) is 2.98. The highest BCUT2D eigenvalue weighted by atomic mass is 16.5. The number of hydrogen-bond acceptors (Lipinski definition) is 4. The molecule has 0 fully saturated rings. The maximum Gasteiger partial charge on any atom is 0.245 e. The monoisotopic (exact) mass is 246 g/mol. The van der Waals surface area contributed by atoms with Gasteiger partial charge in [0, 0.05) is 27.3 Å². The minimum atomic E-state index is -0.0964. The second-order valence-electron chi connectivity index (χ2n) is 3.63. The topological polar surface area (TPSA) is 76.7 Å². The molecule has 2 amide bonds. The molecule has 0 saturated heterocycles. The minimum Gasteiger partial charge on any atom is -0.375 e. The molecule has 0 aliphatic rings. The molecule has 0 bridgehead atoms. The first kappa shape index (κ1) is 15.9. The lowest BCUT2D eigenvalue weighted by atomic mass is 10.2. The lowest BCUT2D eigenvalue weighted by molar-refractivity contribution is -0.125. The molecular formula is C11H22N2O4. The fraction of sp³-hybridized carbons (Fsp3) is 0.818. The Morgan fingerprint density at radius 2 is 1.24 bits per heavy atom. The molecule has 0 aromatic carbocycles. The number of methoxy groups -OCH3 is 2. The van der Waals surface area contributed by atoms with E-state index in [1.54, 1.807) is 0 Å². The quantitative estimate of drug-likeness (QED) is 0.518. The van der Waals surface area contributed by atoms with Gasteiger partial charge in [-0.05, 0) is 19.3 Å². The summed E-state index contributed by atoms with van der Waals surface area (Å²) in [5.41, 5.74) is 0. The van der Waals surface area contributed by atoms with Gasteiger partial charge in [-0.2, -0.15) is 0 Å². The Bertz CT molecular complexity index is 200. The molecule has 17 heavy (non-hydrogen) atoms. The maximum atomic E-state index is 11.0. The molecule has 0 aromatic heterocycles. The Balaban J connectivity index is 3.18. The Kier molecular flexibility index (Phi) is 10.6. The van der Waals surface area contributed by atoms with Crippen molar-refractivity contribution in [1.29, 1.82) is 0 Å². The van der Waals surface area contributed by atoms with Gasteiger partial charge in [0.25, 0.3) is 0 Å². The van der Waals surface area contributed by atoms with Crippen LogP contribution in [-0.2, 0) is 19.1 Å². The molecule has 0 radical (unpaired) electrons. The van der Waals surface area contributed by atoms with Gasteiger partial charge in [0.1, 0.15) is 13.2 Å². The van der Waals surface area contributed by atoms with Crippen LogP contribution in [0.3, 0.4) is 0 Å². The van der Waals surface area contributed by atoms with Crippen LogP contribution in [0, 0.1) is 0 Å². The smallest absolute Gasteiger partial charge is 0.245 e. The summed E-state index contributed by atoms with van der Waals surface area (Å²) in [5, 5.41) is 5.46. The molecule has 0 atom stereocenters. The highest BCUT2D eigenvalue weighted by Crippen LogP contribution is 1.92. The van der Waals surface area contributed by atoms with E-state index in [1.807, 2.05) is 0 Å². The third-order valence-electron chi connectivity index (χ3n) is 2.05. The van der Waals surface area contributed by atoms with Crippen molar-refractivity contribution in [2.24, 2.45) is 0 Å². The normalized spacial score (nSPS) is 10.0. The van der Waals surface area contributed by atoms with Gasteiger partial charge in [0.05, 0.1) is 0 Å². The highest BCUT2D eigenvalue weighted by Gasteiger charge is 1.99. The average molecular weight is 246 g/mol. The van der Waals surface area contributed by atoms with Crippen molar-refractivity contribution in [2.75, 3.05) is 40.5 Å². The number of unbranched alkanes of at least 4 members (excludes halogenated alkanes) is 2. The maximum absolute atomic E-state index is 11.0. The van der Waals surface area contributed by atoms with Gasteiger partial charge in [-0.15, -0.1) is 0 Å². The van der Waals surface area contributed by atoms with Gasteiger partial charge in [0.15, 0.2) is 0 Å². The van der Waals surface area contributed by atoms with Gasteiger partial charge < -0.3 is 20.1 Å². The lowest BCUT2D eigenvalue weighted by Gasteiger charge is -2.05. The van der Waals surface area contributed by atoms with E-state index >= 15 is 0 Å². The Morgan fingerprint density at radius 3 is 1.59 bits per heavy atom. The number of amides is 2. The molecule has 2 N–H and O–H groups in total. The minimum absolute atomic E-state index is 0.0964. The first-order valence-corrected chi connectivity index (χ1v) is 5.72. The van der Waals surface area contributed by atoms with Crippen LogP contribution in [0.1, 0.15) is 19.3 Å².